The molecule has 0 aromatic carbocycles. The summed E-state index contributed by atoms with van der Waals surface area (Å²) >= 11 is 1.11. The van der Waals surface area contributed by atoms with Gasteiger partial charge in [-0.3, -0.25) is 4.79 Å². The van der Waals surface area contributed by atoms with Gasteiger partial charge in [-0.2, -0.15) is 13.2 Å². The van der Waals surface area contributed by atoms with Gasteiger partial charge in [0.15, 0.2) is 0 Å². The van der Waals surface area contributed by atoms with E-state index in [1.165, 1.54) is 12.3 Å². The number of halogens is 3. The second-order valence-corrected chi connectivity index (χ2v) is 7.66. The SMILES string of the molecule is CCOC(=O)c1ccc(N2CCN(C(=O)CSc3ccc(C(F)(F)F)cn3)CC2)nc1. The molecule has 7 nitrogen and oxygen atoms in total. The second kappa shape index (κ2) is 9.99. The zero-order valence-electron chi connectivity index (χ0n) is 16.8. The summed E-state index contributed by atoms with van der Waals surface area (Å²) in [5.41, 5.74) is -0.434. The molecule has 1 fully saturated rings. The van der Waals surface area contributed by atoms with E-state index in [1.807, 2.05) is 4.90 Å². The van der Waals surface area contributed by atoms with Crippen LogP contribution < -0.4 is 4.90 Å². The smallest absolute Gasteiger partial charge is 0.417 e. The number of ether oxygens (including phenoxy) is 1. The van der Waals surface area contributed by atoms with Gasteiger partial charge < -0.3 is 14.5 Å². The highest BCUT2D eigenvalue weighted by atomic mass is 32.2. The quantitative estimate of drug-likeness (QED) is 0.490. The summed E-state index contributed by atoms with van der Waals surface area (Å²) < 4.78 is 42.7. The Labute approximate surface area is 181 Å². The summed E-state index contributed by atoms with van der Waals surface area (Å²) in [5.74, 6) is 0.294. The normalized spacial score (nSPS) is 14.5. The number of nitrogens with zero attached hydrogens (tertiary/aromatic N) is 4. The third-order valence-corrected chi connectivity index (χ3v) is 5.55. The molecule has 1 amide bonds. The minimum absolute atomic E-state index is 0.100. The number of rotatable bonds is 6. The largest absolute Gasteiger partial charge is 0.462 e. The lowest BCUT2D eigenvalue weighted by atomic mass is 10.2. The minimum atomic E-state index is -4.43. The molecule has 0 bridgehead atoms. The number of thioether (sulfide) groups is 1. The van der Waals surface area contributed by atoms with Crippen LogP contribution in [0.25, 0.3) is 0 Å². The summed E-state index contributed by atoms with van der Waals surface area (Å²) in [6.45, 7) is 4.20. The number of esters is 1. The fourth-order valence-corrected chi connectivity index (χ4v) is 3.70. The molecule has 0 aliphatic carbocycles. The number of alkyl halides is 3. The first-order valence-electron chi connectivity index (χ1n) is 9.60. The Morgan fingerprint density at radius 3 is 2.35 bits per heavy atom. The van der Waals surface area contributed by atoms with E-state index in [-0.39, 0.29) is 11.7 Å². The summed E-state index contributed by atoms with van der Waals surface area (Å²) in [6.07, 6.45) is -2.19. The van der Waals surface area contributed by atoms with Crippen LogP contribution in [-0.2, 0) is 15.7 Å². The summed E-state index contributed by atoms with van der Waals surface area (Å²) in [5, 5.41) is 0.367. The van der Waals surface area contributed by atoms with E-state index in [2.05, 4.69) is 9.97 Å². The molecule has 166 valence electrons. The van der Waals surface area contributed by atoms with Crippen molar-refractivity contribution in [2.24, 2.45) is 0 Å². The summed E-state index contributed by atoms with van der Waals surface area (Å²) in [6, 6.07) is 5.63. The molecule has 0 unspecified atom stereocenters. The molecule has 1 saturated heterocycles. The average molecular weight is 454 g/mol. The van der Waals surface area contributed by atoms with Gasteiger partial charge in [-0.15, -0.1) is 0 Å². The molecular formula is C20H21F3N4O3S. The van der Waals surface area contributed by atoms with Crippen LogP contribution in [0.1, 0.15) is 22.8 Å². The van der Waals surface area contributed by atoms with Crippen LogP contribution in [0.3, 0.4) is 0 Å². The van der Waals surface area contributed by atoms with Crippen LogP contribution in [0.15, 0.2) is 41.7 Å². The summed E-state index contributed by atoms with van der Waals surface area (Å²) in [7, 11) is 0. The molecule has 0 radical (unpaired) electrons. The van der Waals surface area contributed by atoms with Crippen LogP contribution in [0.5, 0.6) is 0 Å². The highest BCUT2D eigenvalue weighted by Gasteiger charge is 2.30. The van der Waals surface area contributed by atoms with E-state index >= 15 is 0 Å². The van der Waals surface area contributed by atoms with E-state index in [0.29, 0.717) is 49.2 Å². The van der Waals surface area contributed by atoms with Crippen molar-refractivity contribution >= 4 is 29.5 Å². The fraction of sp³-hybridized carbons (Fsp3) is 0.400. The highest BCUT2D eigenvalue weighted by molar-refractivity contribution is 7.99. The van der Waals surface area contributed by atoms with Gasteiger partial charge in [-0.1, -0.05) is 11.8 Å². The van der Waals surface area contributed by atoms with Crippen LogP contribution in [0.4, 0.5) is 19.0 Å². The van der Waals surface area contributed by atoms with Crippen molar-refractivity contribution in [2.45, 2.75) is 18.1 Å². The van der Waals surface area contributed by atoms with Crippen molar-refractivity contribution in [3.05, 3.63) is 47.8 Å². The first-order chi connectivity index (χ1) is 14.8. The van der Waals surface area contributed by atoms with E-state index in [1.54, 1.807) is 24.0 Å². The van der Waals surface area contributed by atoms with Crippen LogP contribution in [0.2, 0.25) is 0 Å². The topological polar surface area (TPSA) is 75.6 Å². The molecule has 3 heterocycles. The summed E-state index contributed by atoms with van der Waals surface area (Å²) in [4.78, 5) is 35.9. The number of amides is 1. The molecule has 11 heteroatoms. The zero-order chi connectivity index (χ0) is 22.4. The Kier molecular flexibility index (Phi) is 7.37. The standard InChI is InChI=1S/C20H21F3N4O3S/c1-2-30-19(29)14-3-5-16(24-11-14)26-7-9-27(10-8-26)18(28)13-31-17-6-4-15(12-25-17)20(21,22)23/h3-6,11-12H,2,7-10,13H2,1H3. The lowest BCUT2D eigenvalue weighted by Gasteiger charge is -2.35. The Balaban J connectivity index is 1.47. The third kappa shape index (κ3) is 6.09. The number of carbonyl (C=O) groups excluding carboxylic acids is 2. The maximum Gasteiger partial charge on any atom is 0.417 e. The van der Waals surface area contributed by atoms with Crippen molar-refractivity contribution in [3.8, 4) is 0 Å². The molecule has 0 atom stereocenters. The Hall–Kier alpha value is -2.82. The number of hydrogen-bond donors (Lipinski definition) is 0. The maximum atomic E-state index is 12.6. The van der Waals surface area contributed by atoms with Crippen LogP contribution in [-0.4, -0.2) is 65.3 Å². The molecule has 2 aromatic rings. The van der Waals surface area contributed by atoms with Gasteiger partial charge in [-0.05, 0) is 31.2 Å². The minimum Gasteiger partial charge on any atom is -0.462 e. The van der Waals surface area contributed by atoms with Crippen molar-refractivity contribution in [3.63, 3.8) is 0 Å². The molecule has 1 aliphatic rings. The van der Waals surface area contributed by atoms with Gasteiger partial charge in [0.05, 0.1) is 28.5 Å². The van der Waals surface area contributed by atoms with E-state index < -0.39 is 17.7 Å². The van der Waals surface area contributed by atoms with Crippen LogP contribution in [0, 0.1) is 0 Å². The monoisotopic (exact) mass is 454 g/mol. The molecule has 0 N–H and O–H groups in total. The van der Waals surface area contributed by atoms with Gasteiger partial charge in [0.2, 0.25) is 5.91 Å². The van der Waals surface area contributed by atoms with Gasteiger partial charge >= 0.3 is 12.1 Å². The third-order valence-electron chi connectivity index (χ3n) is 4.62. The fourth-order valence-electron chi connectivity index (χ4n) is 2.95. The molecule has 0 saturated carbocycles. The van der Waals surface area contributed by atoms with Crippen molar-refractivity contribution < 1.29 is 27.5 Å². The number of anilines is 1. The zero-order valence-corrected chi connectivity index (χ0v) is 17.6. The lowest BCUT2D eigenvalue weighted by Crippen LogP contribution is -2.49. The maximum absolute atomic E-state index is 12.6. The number of aromatic nitrogens is 2. The van der Waals surface area contributed by atoms with Gasteiger partial charge in [0, 0.05) is 38.6 Å². The van der Waals surface area contributed by atoms with E-state index in [9.17, 15) is 22.8 Å². The van der Waals surface area contributed by atoms with Gasteiger partial charge in [0.25, 0.3) is 0 Å². The second-order valence-electron chi connectivity index (χ2n) is 6.66. The number of piperazine rings is 1. The number of carbonyl (C=O) groups is 2. The first kappa shape index (κ1) is 22.9. The number of pyridine rings is 2. The van der Waals surface area contributed by atoms with Gasteiger partial charge in [0.1, 0.15) is 5.82 Å². The van der Waals surface area contributed by atoms with E-state index in [4.69, 9.17) is 4.74 Å². The first-order valence-corrected chi connectivity index (χ1v) is 10.6. The van der Waals surface area contributed by atoms with Crippen molar-refractivity contribution in [1.82, 2.24) is 14.9 Å². The lowest BCUT2D eigenvalue weighted by molar-refractivity contribution is -0.138. The molecule has 2 aromatic heterocycles. The Bertz CT molecular complexity index is 899. The predicted octanol–water partition coefficient (Wildman–Crippen LogP) is 3.11. The van der Waals surface area contributed by atoms with Crippen molar-refractivity contribution in [1.29, 1.82) is 0 Å². The van der Waals surface area contributed by atoms with Gasteiger partial charge in [-0.25, -0.2) is 14.8 Å². The molecule has 1 aliphatic heterocycles. The molecule has 0 spiro atoms. The Morgan fingerprint density at radius 1 is 1.06 bits per heavy atom. The Morgan fingerprint density at radius 2 is 1.81 bits per heavy atom. The average Bonchev–Trinajstić information content (AvgIpc) is 2.77. The van der Waals surface area contributed by atoms with Crippen LogP contribution >= 0.6 is 11.8 Å². The molecule has 31 heavy (non-hydrogen) atoms. The molecule has 3 rings (SSSR count). The highest BCUT2D eigenvalue weighted by Crippen LogP contribution is 2.29. The van der Waals surface area contributed by atoms with Crippen molar-refractivity contribution in [2.75, 3.05) is 43.4 Å². The molecular weight excluding hydrogens is 433 g/mol. The predicted molar refractivity (Wildman–Crippen MR) is 109 cm³/mol. The van der Waals surface area contributed by atoms with E-state index in [0.717, 1.165) is 24.0 Å². The number of hydrogen-bond acceptors (Lipinski definition) is 7.